The van der Waals surface area contributed by atoms with Crippen LogP contribution in [0.2, 0.25) is 0 Å². The number of ether oxygens (including phenoxy) is 2. The molecular weight excluding hydrogens is 332 g/mol. The number of aryl methyl sites for hydroxylation is 1. The number of carboxylic acid groups (broad SMARTS) is 1. The molecule has 0 fully saturated rings. The molecule has 1 aromatic carbocycles. The van der Waals surface area contributed by atoms with E-state index in [0.717, 1.165) is 11.3 Å². The fourth-order valence-corrected chi connectivity index (χ4v) is 3.11. The monoisotopic (exact) mass is 350 g/mol. The summed E-state index contributed by atoms with van der Waals surface area (Å²) in [6, 6.07) is 4.57. The van der Waals surface area contributed by atoms with E-state index < -0.39 is 12.0 Å². The predicted octanol–water partition coefficient (Wildman–Crippen LogP) is 2.66. The Labute approximate surface area is 143 Å². The lowest BCUT2D eigenvalue weighted by Gasteiger charge is -2.15. The molecule has 1 heterocycles. The van der Waals surface area contributed by atoms with Crippen LogP contribution < -0.4 is 14.8 Å². The Morgan fingerprint density at radius 1 is 1.29 bits per heavy atom. The lowest BCUT2D eigenvalue weighted by molar-refractivity contribution is 0.0700. The van der Waals surface area contributed by atoms with E-state index in [9.17, 15) is 9.59 Å². The number of hydrogen-bond acceptors (Lipinski definition) is 6. The van der Waals surface area contributed by atoms with Crippen molar-refractivity contribution >= 4 is 23.2 Å². The fraction of sp³-hybridized carbons (Fsp3) is 0.312. The third kappa shape index (κ3) is 3.48. The van der Waals surface area contributed by atoms with Crippen LogP contribution in [0.5, 0.6) is 11.5 Å². The van der Waals surface area contributed by atoms with Crippen LogP contribution >= 0.6 is 11.3 Å². The summed E-state index contributed by atoms with van der Waals surface area (Å²) in [7, 11) is 2.95. The number of carbonyl (C=O) groups is 2. The van der Waals surface area contributed by atoms with Crippen molar-refractivity contribution in [2.24, 2.45) is 0 Å². The van der Waals surface area contributed by atoms with Gasteiger partial charge < -0.3 is 19.9 Å². The van der Waals surface area contributed by atoms with E-state index in [4.69, 9.17) is 14.6 Å². The number of rotatable bonds is 6. The maximum Gasteiger partial charge on any atom is 0.347 e. The molecular formula is C16H18N2O5S. The normalized spacial score (nSPS) is 11.7. The number of amides is 1. The summed E-state index contributed by atoms with van der Waals surface area (Å²) in [6.45, 7) is 3.37. The molecule has 1 unspecified atom stereocenters. The van der Waals surface area contributed by atoms with Gasteiger partial charge in [0.25, 0.3) is 5.91 Å². The van der Waals surface area contributed by atoms with Crippen LogP contribution in [0.1, 0.15) is 43.7 Å². The number of carboxylic acids is 1. The molecule has 2 aromatic rings. The number of thiazole rings is 1. The molecule has 0 radical (unpaired) electrons. The van der Waals surface area contributed by atoms with E-state index in [1.165, 1.54) is 14.2 Å². The summed E-state index contributed by atoms with van der Waals surface area (Å²) in [6.07, 6.45) is 0. The molecule has 0 aliphatic carbocycles. The minimum Gasteiger partial charge on any atom is -0.493 e. The number of hydrogen-bond donors (Lipinski definition) is 2. The van der Waals surface area contributed by atoms with Crippen molar-refractivity contribution in [1.82, 2.24) is 10.3 Å². The zero-order valence-corrected chi connectivity index (χ0v) is 14.6. The van der Waals surface area contributed by atoms with Gasteiger partial charge in [-0.15, -0.1) is 11.3 Å². The molecule has 0 saturated heterocycles. The Bertz CT molecular complexity index is 772. The van der Waals surface area contributed by atoms with Gasteiger partial charge in [-0.3, -0.25) is 4.79 Å². The molecule has 1 atom stereocenters. The van der Waals surface area contributed by atoms with Crippen LogP contribution in [-0.2, 0) is 0 Å². The molecule has 0 aliphatic rings. The van der Waals surface area contributed by atoms with Gasteiger partial charge in [0.1, 0.15) is 9.88 Å². The first-order valence-corrected chi connectivity index (χ1v) is 7.93. The Hall–Kier alpha value is -2.61. The third-order valence-electron chi connectivity index (χ3n) is 3.37. The molecule has 0 spiro atoms. The van der Waals surface area contributed by atoms with E-state index in [2.05, 4.69) is 10.3 Å². The van der Waals surface area contributed by atoms with Crippen molar-refractivity contribution in [2.75, 3.05) is 14.2 Å². The fourth-order valence-electron chi connectivity index (χ4n) is 2.20. The highest BCUT2D eigenvalue weighted by Crippen LogP contribution is 2.31. The molecule has 2 N–H and O–H groups in total. The molecule has 0 aliphatic heterocycles. The molecule has 2 rings (SSSR count). The van der Waals surface area contributed by atoms with E-state index >= 15 is 0 Å². The molecule has 8 heteroatoms. The van der Waals surface area contributed by atoms with Crippen molar-refractivity contribution < 1.29 is 24.2 Å². The molecule has 128 valence electrons. The smallest absolute Gasteiger partial charge is 0.347 e. The zero-order valence-electron chi connectivity index (χ0n) is 13.7. The number of aromatic nitrogens is 1. The Morgan fingerprint density at radius 2 is 2.00 bits per heavy atom. The SMILES string of the molecule is COc1cccc(C(=O)NC(C)c2nc(C)c(C(=O)O)s2)c1OC. The van der Waals surface area contributed by atoms with Crippen molar-refractivity contribution in [1.29, 1.82) is 0 Å². The van der Waals surface area contributed by atoms with Gasteiger partial charge in [-0.05, 0) is 26.0 Å². The number of carbonyl (C=O) groups excluding carboxylic acids is 1. The maximum atomic E-state index is 12.5. The average Bonchev–Trinajstić information content (AvgIpc) is 2.96. The second-order valence-electron chi connectivity index (χ2n) is 5.01. The highest BCUT2D eigenvalue weighted by Gasteiger charge is 2.22. The molecule has 0 saturated carbocycles. The summed E-state index contributed by atoms with van der Waals surface area (Å²) in [5.41, 5.74) is 0.762. The van der Waals surface area contributed by atoms with Crippen LogP contribution in [-0.4, -0.2) is 36.2 Å². The Kier molecular flexibility index (Phi) is 5.40. The third-order valence-corrected chi connectivity index (χ3v) is 4.70. The minimum absolute atomic E-state index is 0.171. The van der Waals surface area contributed by atoms with E-state index in [-0.39, 0.29) is 10.8 Å². The van der Waals surface area contributed by atoms with E-state index in [0.29, 0.717) is 27.8 Å². The van der Waals surface area contributed by atoms with Gasteiger partial charge in [0, 0.05) is 0 Å². The topological polar surface area (TPSA) is 97.8 Å². The average molecular weight is 350 g/mol. The predicted molar refractivity (Wildman–Crippen MR) is 89.2 cm³/mol. The van der Waals surface area contributed by atoms with Crippen LogP contribution in [0.25, 0.3) is 0 Å². The first-order chi connectivity index (χ1) is 11.4. The largest absolute Gasteiger partial charge is 0.493 e. The molecule has 0 bridgehead atoms. The summed E-state index contributed by atoms with van der Waals surface area (Å²) < 4.78 is 10.4. The lowest BCUT2D eigenvalue weighted by atomic mass is 10.1. The standard InChI is InChI=1S/C16H18N2O5S/c1-8-13(16(20)21)24-15(18-8)9(2)17-14(19)10-6-5-7-11(22-3)12(10)23-4/h5-7,9H,1-4H3,(H,17,19)(H,20,21). The number of nitrogens with one attached hydrogen (secondary N) is 1. The lowest BCUT2D eigenvalue weighted by Crippen LogP contribution is -2.27. The van der Waals surface area contributed by atoms with Gasteiger partial charge in [0.05, 0.1) is 31.5 Å². The van der Waals surface area contributed by atoms with Gasteiger partial charge in [0.2, 0.25) is 0 Å². The van der Waals surface area contributed by atoms with Crippen molar-refractivity contribution in [3.63, 3.8) is 0 Å². The van der Waals surface area contributed by atoms with Crippen LogP contribution in [0.4, 0.5) is 0 Å². The first kappa shape index (κ1) is 17.7. The summed E-state index contributed by atoms with van der Waals surface area (Å²) in [4.78, 5) is 28.0. The second kappa shape index (κ2) is 7.31. The van der Waals surface area contributed by atoms with Gasteiger partial charge >= 0.3 is 5.97 Å². The highest BCUT2D eigenvalue weighted by atomic mass is 32.1. The van der Waals surface area contributed by atoms with Gasteiger partial charge in [-0.25, -0.2) is 9.78 Å². The number of para-hydroxylation sites is 1. The number of aromatic carboxylic acids is 1. The Morgan fingerprint density at radius 3 is 2.54 bits per heavy atom. The molecule has 1 amide bonds. The molecule has 24 heavy (non-hydrogen) atoms. The van der Waals surface area contributed by atoms with Crippen LogP contribution in [0, 0.1) is 6.92 Å². The number of nitrogens with zero attached hydrogens (tertiary/aromatic N) is 1. The maximum absolute atomic E-state index is 12.5. The van der Waals surface area contributed by atoms with Crippen molar-refractivity contribution in [3.05, 3.63) is 39.3 Å². The summed E-state index contributed by atoms with van der Waals surface area (Å²) in [5, 5.41) is 12.4. The van der Waals surface area contributed by atoms with Crippen LogP contribution in [0.3, 0.4) is 0 Å². The van der Waals surface area contributed by atoms with Crippen LogP contribution in [0.15, 0.2) is 18.2 Å². The zero-order chi connectivity index (χ0) is 17.9. The van der Waals surface area contributed by atoms with E-state index in [1.807, 2.05) is 0 Å². The number of methoxy groups -OCH3 is 2. The van der Waals surface area contributed by atoms with Crippen molar-refractivity contribution in [2.45, 2.75) is 19.9 Å². The van der Waals surface area contributed by atoms with Crippen molar-refractivity contribution in [3.8, 4) is 11.5 Å². The summed E-state index contributed by atoms with van der Waals surface area (Å²) >= 11 is 1.05. The van der Waals surface area contributed by atoms with Gasteiger partial charge in [-0.1, -0.05) is 6.07 Å². The summed E-state index contributed by atoms with van der Waals surface area (Å²) in [5.74, 6) is -0.588. The van der Waals surface area contributed by atoms with E-state index in [1.54, 1.807) is 32.0 Å². The molecule has 1 aromatic heterocycles. The highest BCUT2D eigenvalue weighted by molar-refractivity contribution is 7.13. The quantitative estimate of drug-likeness (QED) is 0.831. The number of benzene rings is 1. The first-order valence-electron chi connectivity index (χ1n) is 7.11. The molecule has 7 nitrogen and oxygen atoms in total. The Balaban J connectivity index is 2.23. The second-order valence-corrected chi connectivity index (χ2v) is 6.04. The minimum atomic E-state index is -1.02. The van der Waals surface area contributed by atoms with Gasteiger partial charge in [0.15, 0.2) is 11.5 Å². The van der Waals surface area contributed by atoms with Gasteiger partial charge in [-0.2, -0.15) is 0 Å².